The number of halogens is 1. The summed E-state index contributed by atoms with van der Waals surface area (Å²) in [7, 11) is 1.85. The Morgan fingerprint density at radius 1 is 1.19 bits per heavy atom. The van der Waals surface area contributed by atoms with Crippen LogP contribution in [0.3, 0.4) is 0 Å². The number of non-ortho nitro benzene ring substituents is 1. The molecule has 3 aromatic rings. The molecule has 1 heterocycles. The van der Waals surface area contributed by atoms with Crippen molar-refractivity contribution in [2.45, 2.75) is 20.0 Å². The Bertz CT molecular complexity index is 942. The number of aryl methyl sites for hydroxylation is 1. The van der Waals surface area contributed by atoms with Crippen LogP contribution in [0.1, 0.15) is 17.0 Å². The second-order valence-electron chi connectivity index (χ2n) is 6.08. The average molecular weight is 373 g/mol. The van der Waals surface area contributed by atoms with Gasteiger partial charge in [-0.3, -0.25) is 15.0 Å². The quantitative estimate of drug-likeness (QED) is 0.475. The van der Waals surface area contributed by atoms with Crippen molar-refractivity contribution < 1.29 is 9.34 Å². The maximum atomic E-state index is 10.9. The third-order valence-electron chi connectivity index (χ3n) is 3.82. The fourth-order valence-electron chi connectivity index (χ4n) is 2.59. The normalized spacial score (nSPS) is 11.1. The van der Waals surface area contributed by atoms with Gasteiger partial charge in [0.2, 0.25) is 11.8 Å². The lowest BCUT2D eigenvalue weighted by atomic mass is 10.1. The van der Waals surface area contributed by atoms with Crippen LogP contribution in [0, 0.1) is 17.0 Å². The van der Waals surface area contributed by atoms with Gasteiger partial charge in [-0.2, -0.15) is 0 Å². The molecular formula is C18H17ClN4O3. The van der Waals surface area contributed by atoms with E-state index in [-0.39, 0.29) is 5.69 Å². The van der Waals surface area contributed by atoms with Crippen molar-refractivity contribution in [3.05, 3.63) is 74.6 Å². The molecule has 0 aliphatic carbocycles. The van der Waals surface area contributed by atoms with Gasteiger partial charge in [0.25, 0.3) is 5.69 Å². The van der Waals surface area contributed by atoms with Gasteiger partial charge >= 0.3 is 0 Å². The standard InChI is InChI=1S/C18H17ClN4O3/c1-12-4-3-5-13(8-12)18-21-20-17(26-18)11-22(2)10-14-9-15(23(24)25)6-7-16(14)19/h3-9H,10-11H2,1-2H3. The second-order valence-corrected chi connectivity index (χ2v) is 6.48. The Morgan fingerprint density at radius 3 is 2.73 bits per heavy atom. The molecule has 0 atom stereocenters. The highest BCUT2D eigenvalue weighted by molar-refractivity contribution is 6.31. The van der Waals surface area contributed by atoms with Crippen molar-refractivity contribution in [1.29, 1.82) is 0 Å². The van der Waals surface area contributed by atoms with Gasteiger partial charge in [-0.05, 0) is 37.7 Å². The highest BCUT2D eigenvalue weighted by Gasteiger charge is 2.14. The van der Waals surface area contributed by atoms with E-state index in [9.17, 15) is 10.1 Å². The number of rotatable bonds is 6. The molecule has 0 amide bonds. The molecule has 26 heavy (non-hydrogen) atoms. The van der Waals surface area contributed by atoms with Crippen LogP contribution in [-0.4, -0.2) is 27.1 Å². The van der Waals surface area contributed by atoms with Crippen LogP contribution in [0.25, 0.3) is 11.5 Å². The SMILES string of the molecule is Cc1cccc(-c2nnc(CN(C)Cc3cc([N+](=O)[O-])ccc3Cl)o2)c1. The van der Waals surface area contributed by atoms with Crippen LogP contribution in [-0.2, 0) is 13.1 Å². The first-order valence-corrected chi connectivity index (χ1v) is 8.31. The van der Waals surface area contributed by atoms with Gasteiger partial charge in [0.15, 0.2) is 0 Å². The number of nitro benzene ring substituents is 1. The highest BCUT2D eigenvalue weighted by atomic mass is 35.5. The lowest BCUT2D eigenvalue weighted by Gasteiger charge is -2.15. The largest absolute Gasteiger partial charge is 0.419 e. The van der Waals surface area contributed by atoms with Gasteiger partial charge in [-0.25, -0.2) is 0 Å². The van der Waals surface area contributed by atoms with Crippen molar-refractivity contribution >= 4 is 17.3 Å². The number of nitrogens with zero attached hydrogens (tertiary/aromatic N) is 4. The van der Waals surface area contributed by atoms with Crippen LogP contribution >= 0.6 is 11.6 Å². The number of hydrogen-bond acceptors (Lipinski definition) is 6. The van der Waals surface area contributed by atoms with E-state index < -0.39 is 4.92 Å². The molecule has 0 bridgehead atoms. The zero-order valence-corrected chi connectivity index (χ0v) is 15.1. The zero-order valence-electron chi connectivity index (χ0n) is 14.3. The van der Waals surface area contributed by atoms with E-state index in [1.54, 1.807) is 0 Å². The second kappa shape index (κ2) is 7.63. The van der Waals surface area contributed by atoms with Crippen molar-refractivity contribution in [2.24, 2.45) is 0 Å². The molecule has 7 nitrogen and oxygen atoms in total. The molecular weight excluding hydrogens is 356 g/mol. The predicted molar refractivity (Wildman–Crippen MR) is 97.7 cm³/mol. The van der Waals surface area contributed by atoms with E-state index in [0.29, 0.717) is 35.5 Å². The summed E-state index contributed by atoms with van der Waals surface area (Å²) in [4.78, 5) is 12.4. The molecule has 8 heteroatoms. The summed E-state index contributed by atoms with van der Waals surface area (Å²) >= 11 is 6.15. The summed E-state index contributed by atoms with van der Waals surface area (Å²) in [5.41, 5.74) is 2.66. The molecule has 0 aliphatic heterocycles. The molecule has 0 unspecified atom stereocenters. The van der Waals surface area contributed by atoms with Crippen molar-refractivity contribution in [2.75, 3.05) is 7.05 Å². The molecule has 0 fully saturated rings. The summed E-state index contributed by atoms with van der Waals surface area (Å²) in [5.74, 6) is 0.927. The Morgan fingerprint density at radius 2 is 2.00 bits per heavy atom. The molecule has 134 valence electrons. The van der Waals surface area contributed by atoms with E-state index >= 15 is 0 Å². The van der Waals surface area contributed by atoms with Crippen molar-refractivity contribution in [3.8, 4) is 11.5 Å². The molecule has 0 spiro atoms. The zero-order chi connectivity index (χ0) is 18.7. The van der Waals surface area contributed by atoms with E-state index in [1.807, 2.05) is 43.1 Å². The van der Waals surface area contributed by atoms with Crippen LogP contribution in [0.4, 0.5) is 5.69 Å². The summed E-state index contributed by atoms with van der Waals surface area (Å²) in [6.45, 7) is 2.82. The Labute approximate surface area is 155 Å². The Balaban J connectivity index is 1.70. The third-order valence-corrected chi connectivity index (χ3v) is 4.19. The summed E-state index contributed by atoms with van der Waals surface area (Å²) in [6, 6.07) is 12.2. The summed E-state index contributed by atoms with van der Waals surface area (Å²) in [5, 5.41) is 19.6. The monoisotopic (exact) mass is 372 g/mol. The number of aromatic nitrogens is 2. The summed E-state index contributed by atoms with van der Waals surface area (Å²) in [6.07, 6.45) is 0. The lowest BCUT2D eigenvalue weighted by molar-refractivity contribution is -0.384. The van der Waals surface area contributed by atoms with Gasteiger partial charge in [-0.15, -0.1) is 10.2 Å². The molecule has 0 aliphatic rings. The van der Waals surface area contributed by atoms with E-state index in [0.717, 1.165) is 11.1 Å². The Kier molecular flexibility index (Phi) is 5.29. The summed E-state index contributed by atoms with van der Waals surface area (Å²) < 4.78 is 5.72. The van der Waals surface area contributed by atoms with Gasteiger partial charge in [0.05, 0.1) is 11.5 Å². The fourth-order valence-corrected chi connectivity index (χ4v) is 2.76. The Hall–Kier alpha value is -2.77. The minimum absolute atomic E-state index is 0.0114. The van der Waals surface area contributed by atoms with Gasteiger partial charge in [0, 0.05) is 29.3 Å². The molecule has 0 radical (unpaired) electrons. The number of benzene rings is 2. The molecule has 0 N–H and O–H groups in total. The maximum absolute atomic E-state index is 10.9. The third kappa shape index (κ3) is 4.25. The van der Waals surface area contributed by atoms with Gasteiger partial charge in [-0.1, -0.05) is 29.3 Å². The van der Waals surface area contributed by atoms with Crippen LogP contribution in [0.15, 0.2) is 46.9 Å². The number of hydrogen-bond donors (Lipinski definition) is 0. The first-order valence-electron chi connectivity index (χ1n) is 7.93. The van der Waals surface area contributed by atoms with Crippen molar-refractivity contribution in [1.82, 2.24) is 15.1 Å². The lowest BCUT2D eigenvalue weighted by Crippen LogP contribution is -2.17. The smallest absolute Gasteiger partial charge is 0.269 e. The molecule has 2 aromatic carbocycles. The number of nitro groups is 1. The maximum Gasteiger partial charge on any atom is 0.269 e. The first kappa shape index (κ1) is 18.0. The minimum Gasteiger partial charge on any atom is -0.419 e. The van der Waals surface area contributed by atoms with E-state index in [1.165, 1.54) is 18.2 Å². The van der Waals surface area contributed by atoms with E-state index in [2.05, 4.69) is 10.2 Å². The molecule has 1 aromatic heterocycles. The van der Waals surface area contributed by atoms with E-state index in [4.69, 9.17) is 16.0 Å². The molecule has 0 saturated heterocycles. The van der Waals surface area contributed by atoms with Crippen LogP contribution in [0.5, 0.6) is 0 Å². The van der Waals surface area contributed by atoms with Gasteiger partial charge in [0.1, 0.15) is 0 Å². The molecule has 3 rings (SSSR count). The van der Waals surface area contributed by atoms with Crippen molar-refractivity contribution in [3.63, 3.8) is 0 Å². The highest BCUT2D eigenvalue weighted by Crippen LogP contribution is 2.24. The predicted octanol–water partition coefficient (Wildman–Crippen LogP) is 4.24. The van der Waals surface area contributed by atoms with Crippen LogP contribution in [0.2, 0.25) is 5.02 Å². The van der Waals surface area contributed by atoms with Gasteiger partial charge < -0.3 is 4.42 Å². The first-order chi connectivity index (χ1) is 12.4. The average Bonchev–Trinajstić information content (AvgIpc) is 3.05. The fraction of sp³-hybridized carbons (Fsp3) is 0.222. The van der Waals surface area contributed by atoms with Crippen LogP contribution < -0.4 is 0 Å². The topological polar surface area (TPSA) is 85.3 Å². The molecule has 0 saturated carbocycles. The minimum atomic E-state index is -0.439.